The molecule has 2 aromatic carbocycles. The number of amides is 1. The molecule has 6 nitrogen and oxygen atoms in total. The molecule has 152 valence electrons. The number of para-hydroxylation sites is 3. The number of methoxy groups -OCH3 is 1. The van der Waals surface area contributed by atoms with Crippen molar-refractivity contribution in [2.75, 3.05) is 18.2 Å². The van der Waals surface area contributed by atoms with Crippen molar-refractivity contribution < 1.29 is 9.53 Å². The molecule has 0 unspecified atom stereocenters. The fourth-order valence-electron chi connectivity index (χ4n) is 2.89. The summed E-state index contributed by atoms with van der Waals surface area (Å²) in [6, 6.07) is 16.0. The fraction of sp³-hybridized carbons (Fsp3) is 0.0952. The Morgan fingerprint density at radius 2 is 1.97 bits per heavy atom. The third-order valence-corrected chi connectivity index (χ3v) is 6.42. The van der Waals surface area contributed by atoms with Gasteiger partial charge in [0.15, 0.2) is 5.16 Å². The van der Waals surface area contributed by atoms with Gasteiger partial charge in [0.1, 0.15) is 10.4 Å². The van der Waals surface area contributed by atoms with E-state index in [1.54, 1.807) is 49.6 Å². The van der Waals surface area contributed by atoms with Gasteiger partial charge in [0.25, 0.3) is 5.56 Å². The highest BCUT2D eigenvalue weighted by Gasteiger charge is 2.18. The number of halogens is 1. The van der Waals surface area contributed by atoms with Gasteiger partial charge >= 0.3 is 0 Å². The summed E-state index contributed by atoms with van der Waals surface area (Å²) < 4.78 is 7.47. The summed E-state index contributed by atoms with van der Waals surface area (Å²) >= 11 is 8.61. The van der Waals surface area contributed by atoms with Gasteiger partial charge in [0.2, 0.25) is 5.91 Å². The lowest BCUT2D eigenvalue weighted by Crippen LogP contribution is -2.22. The lowest BCUT2D eigenvalue weighted by atomic mass is 10.3. The van der Waals surface area contributed by atoms with Gasteiger partial charge in [0.05, 0.1) is 34.8 Å². The largest absolute Gasteiger partial charge is 0.495 e. The van der Waals surface area contributed by atoms with Crippen molar-refractivity contribution in [2.45, 2.75) is 5.16 Å². The number of carbonyl (C=O) groups is 1. The highest BCUT2D eigenvalue weighted by molar-refractivity contribution is 7.99. The fourth-order valence-corrected chi connectivity index (χ4v) is 4.64. The predicted molar refractivity (Wildman–Crippen MR) is 123 cm³/mol. The van der Waals surface area contributed by atoms with Crippen LogP contribution in [0.1, 0.15) is 0 Å². The van der Waals surface area contributed by atoms with Gasteiger partial charge in [-0.2, -0.15) is 0 Å². The normalized spacial score (nSPS) is 10.9. The van der Waals surface area contributed by atoms with Crippen LogP contribution in [-0.2, 0) is 4.79 Å². The molecule has 0 aliphatic carbocycles. The van der Waals surface area contributed by atoms with E-state index in [-0.39, 0.29) is 17.2 Å². The van der Waals surface area contributed by atoms with Crippen LogP contribution >= 0.6 is 34.7 Å². The number of hydrogen-bond donors (Lipinski definition) is 1. The van der Waals surface area contributed by atoms with Crippen molar-refractivity contribution in [1.82, 2.24) is 9.55 Å². The van der Waals surface area contributed by atoms with E-state index < -0.39 is 0 Å². The van der Waals surface area contributed by atoms with Gasteiger partial charge in [0, 0.05) is 0 Å². The molecule has 0 aliphatic rings. The Hall–Kier alpha value is -2.81. The lowest BCUT2D eigenvalue weighted by Gasteiger charge is -2.15. The van der Waals surface area contributed by atoms with E-state index in [1.807, 2.05) is 17.5 Å². The van der Waals surface area contributed by atoms with Crippen LogP contribution in [0.3, 0.4) is 0 Å². The van der Waals surface area contributed by atoms with E-state index in [0.717, 1.165) is 0 Å². The molecule has 1 amide bonds. The number of hydrogen-bond acceptors (Lipinski definition) is 6. The molecule has 30 heavy (non-hydrogen) atoms. The average Bonchev–Trinajstić information content (AvgIpc) is 3.23. The van der Waals surface area contributed by atoms with Crippen LogP contribution in [0.4, 0.5) is 5.69 Å². The maximum Gasteiger partial charge on any atom is 0.276 e. The molecule has 0 saturated carbocycles. The van der Waals surface area contributed by atoms with Crippen LogP contribution in [0, 0.1) is 0 Å². The van der Waals surface area contributed by atoms with Gasteiger partial charge in [-0.15, -0.1) is 11.3 Å². The lowest BCUT2D eigenvalue weighted by molar-refractivity contribution is -0.113. The molecular weight excluding hydrogens is 442 g/mol. The van der Waals surface area contributed by atoms with E-state index in [0.29, 0.717) is 37.5 Å². The first kappa shape index (κ1) is 20.5. The Bertz CT molecular complexity index is 1290. The van der Waals surface area contributed by atoms with E-state index in [1.165, 1.54) is 27.7 Å². The standard InChI is InChI=1S/C21H16ClN3O3S2/c1-28-17-9-5-4-8-16(17)25-20(27)19-15(10-11-29-19)24-21(25)30-12-18(26)23-14-7-3-2-6-13(14)22/h2-11H,12H2,1H3,(H,23,26). The molecule has 0 atom stereocenters. The first-order chi connectivity index (χ1) is 14.6. The summed E-state index contributed by atoms with van der Waals surface area (Å²) in [6.07, 6.45) is 0. The first-order valence-electron chi connectivity index (χ1n) is 8.89. The minimum absolute atomic E-state index is 0.0580. The molecule has 0 spiro atoms. The summed E-state index contributed by atoms with van der Waals surface area (Å²) in [5.74, 6) is 0.349. The third-order valence-electron chi connectivity index (χ3n) is 4.26. The molecule has 0 saturated heterocycles. The minimum atomic E-state index is -0.251. The minimum Gasteiger partial charge on any atom is -0.495 e. The zero-order valence-electron chi connectivity index (χ0n) is 15.8. The molecule has 0 bridgehead atoms. The van der Waals surface area contributed by atoms with Gasteiger partial charge in [-0.3, -0.25) is 14.2 Å². The van der Waals surface area contributed by atoms with Crippen molar-refractivity contribution in [3.05, 3.63) is 75.4 Å². The number of carbonyl (C=O) groups excluding carboxylic acids is 1. The van der Waals surface area contributed by atoms with Crippen LogP contribution in [0.5, 0.6) is 5.75 Å². The molecule has 4 rings (SSSR count). The van der Waals surface area contributed by atoms with Crippen molar-refractivity contribution >= 4 is 56.5 Å². The number of aromatic nitrogens is 2. The van der Waals surface area contributed by atoms with E-state index in [9.17, 15) is 9.59 Å². The number of ether oxygens (including phenoxy) is 1. The zero-order chi connectivity index (χ0) is 21.1. The van der Waals surface area contributed by atoms with Crippen molar-refractivity contribution in [3.63, 3.8) is 0 Å². The summed E-state index contributed by atoms with van der Waals surface area (Å²) in [7, 11) is 1.55. The van der Waals surface area contributed by atoms with E-state index in [2.05, 4.69) is 10.3 Å². The number of thioether (sulfide) groups is 1. The molecule has 4 aromatic rings. The number of thiophene rings is 1. The van der Waals surface area contributed by atoms with Crippen LogP contribution < -0.4 is 15.6 Å². The number of benzene rings is 2. The van der Waals surface area contributed by atoms with E-state index in [4.69, 9.17) is 16.3 Å². The Kier molecular flexibility index (Phi) is 6.08. The Labute approximate surface area is 185 Å². The molecule has 0 fully saturated rings. The molecule has 9 heteroatoms. The van der Waals surface area contributed by atoms with Gasteiger partial charge < -0.3 is 10.1 Å². The van der Waals surface area contributed by atoms with Gasteiger partial charge in [-0.1, -0.05) is 47.6 Å². The first-order valence-corrected chi connectivity index (χ1v) is 11.1. The zero-order valence-corrected chi connectivity index (χ0v) is 18.2. The summed E-state index contributed by atoms with van der Waals surface area (Å²) in [6.45, 7) is 0. The number of nitrogens with one attached hydrogen (secondary N) is 1. The highest BCUT2D eigenvalue weighted by Crippen LogP contribution is 2.28. The Morgan fingerprint density at radius 3 is 2.77 bits per heavy atom. The Balaban J connectivity index is 1.69. The SMILES string of the molecule is COc1ccccc1-n1c(SCC(=O)Nc2ccccc2Cl)nc2ccsc2c1=O. The van der Waals surface area contributed by atoms with Crippen molar-refractivity contribution in [1.29, 1.82) is 0 Å². The Morgan fingerprint density at radius 1 is 1.20 bits per heavy atom. The number of fused-ring (bicyclic) bond motifs is 1. The summed E-state index contributed by atoms with van der Waals surface area (Å²) in [5, 5.41) is 5.47. The molecular formula is C21H16ClN3O3S2. The van der Waals surface area contributed by atoms with E-state index >= 15 is 0 Å². The van der Waals surface area contributed by atoms with Crippen molar-refractivity contribution in [2.24, 2.45) is 0 Å². The summed E-state index contributed by atoms with van der Waals surface area (Å²) in [4.78, 5) is 30.3. The second-order valence-electron chi connectivity index (χ2n) is 6.16. The molecule has 0 radical (unpaired) electrons. The third kappa shape index (κ3) is 4.07. The average molecular weight is 458 g/mol. The van der Waals surface area contributed by atoms with Crippen LogP contribution in [-0.4, -0.2) is 28.3 Å². The number of anilines is 1. The summed E-state index contributed by atoms with van der Waals surface area (Å²) in [5.41, 5.74) is 1.51. The van der Waals surface area contributed by atoms with Gasteiger partial charge in [-0.25, -0.2) is 4.98 Å². The quantitative estimate of drug-likeness (QED) is 0.331. The monoisotopic (exact) mass is 457 g/mol. The molecule has 1 N–H and O–H groups in total. The maximum absolute atomic E-state index is 13.2. The van der Waals surface area contributed by atoms with Crippen LogP contribution in [0.15, 0.2) is 69.9 Å². The van der Waals surface area contributed by atoms with Crippen LogP contribution in [0.25, 0.3) is 15.9 Å². The van der Waals surface area contributed by atoms with Crippen molar-refractivity contribution in [3.8, 4) is 11.4 Å². The highest BCUT2D eigenvalue weighted by atomic mass is 35.5. The molecule has 0 aliphatic heterocycles. The second-order valence-corrected chi connectivity index (χ2v) is 8.42. The molecule has 2 heterocycles. The second kappa shape index (κ2) is 8.91. The predicted octanol–water partition coefficient (Wildman–Crippen LogP) is 4.84. The smallest absolute Gasteiger partial charge is 0.276 e. The maximum atomic E-state index is 13.2. The van der Waals surface area contributed by atoms with Crippen LogP contribution in [0.2, 0.25) is 5.02 Å². The topological polar surface area (TPSA) is 73.2 Å². The van der Waals surface area contributed by atoms with Gasteiger partial charge in [-0.05, 0) is 35.7 Å². The number of rotatable bonds is 6. The molecule has 2 aromatic heterocycles. The number of nitrogens with zero attached hydrogens (tertiary/aromatic N) is 2.